The molecule has 150 valence electrons. The summed E-state index contributed by atoms with van der Waals surface area (Å²) in [5.74, 6) is -0.648. The predicted octanol–water partition coefficient (Wildman–Crippen LogP) is 4.41. The first-order valence-corrected chi connectivity index (χ1v) is 9.36. The second-order valence-electron chi connectivity index (χ2n) is 6.95. The van der Waals surface area contributed by atoms with Gasteiger partial charge in [-0.05, 0) is 43.7 Å². The summed E-state index contributed by atoms with van der Waals surface area (Å²) in [7, 11) is 1.29. The van der Waals surface area contributed by atoms with Gasteiger partial charge in [0.05, 0.1) is 18.4 Å². The van der Waals surface area contributed by atoms with Crippen molar-refractivity contribution in [1.82, 2.24) is 0 Å². The minimum absolute atomic E-state index is 0.285. The van der Waals surface area contributed by atoms with Crippen LogP contribution in [0.15, 0.2) is 59.0 Å². The number of benzene rings is 2. The lowest BCUT2D eigenvalue weighted by atomic mass is 9.92. The van der Waals surface area contributed by atoms with Gasteiger partial charge in [-0.2, -0.15) is 0 Å². The number of carbonyl (C=O) groups excluding carboxylic acids is 3. The molecule has 0 saturated carbocycles. The first kappa shape index (κ1) is 19.4. The van der Waals surface area contributed by atoms with Crippen LogP contribution in [0.3, 0.4) is 0 Å². The standard InChI is InChI=1S/C24H19NO5/c1-14-8-4-7-11-21(14)25-22(26)18-10-6-5-9-17(18)20(23(25)27)13-16-12-19(15(2)30-16)24(28)29-3/h4-13H,1-3H3/b20-13-. The molecule has 1 aliphatic heterocycles. The molecule has 0 fully saturated rings. The highest BCUT2D eigenvalue weighted by Gasteiger charge is 2.36. The molecule has 0 unspecified atom stereocenters. The van der Waals surface area contributed by atoms with Gasteiger partial charge in [0, 0.05) is 11.1 Å². The molecule has 4 rings (SSSR count). The van der Waals surface area contributed by atoms with Gasteiger partial charge in [0.25, 0.3) is 11.8 Å². The number of aryl methyl sites for hydroxylation is 2. The highest BCUT2D eigenvalue weighted by Crippen LogP contribution is 2.35. The third-order valence-corrected chi connectivity index (χ3v) is 5.07. The molecule has 0 spiro atoms. The van der Waals surface area contributed by atoms with E-state index in [2.05, 4.69) is 0 Å². The SMILES string of the molecule is COC(=O)c1cc(/C=C2\C(=O)N(c3ccccc3C)C(=O)c3ccccc32)oc1C. The van der Waals surface area contributed by atoms with Crippen molar-refractivity contribution in [2.24, 2.45) is 0 Å². The van der Waals surface area contributed by atoms with Crippen molar-refractivity contribution in [1.29, 1.82) is 0 Å². The summed E-state index contributed by atoms with van der Waals surface area (Å²) in [6, 6.07) is 15.7. The Balaban J connectivity index is 1.89. The summed E-state index contributed by atoms with van der Waals surface area (Å²) >= 11 is 0. The first-order valence-electron chi connectivity index (χ1n) is 9.36. The maximum Gasteiger partial charge on any atom is 0.341 e. The van der Waals surface area contributed by atoms with E-state index >= 15 is 0 Å². The van der Waals surface area contributed by atoms with Crippen LogP contribution in [-0.2, 0) is 9.53 Å². The number of hydrogen-bond acceptors (Lipinski definition) is 5. The number of rotatable bonds is 3. The fraction of sp³-hybridized carbons (Fsp3) is 0.125. The Morgan fingerprint density at radius 2 is 1.63 bits per heavy atom. The van der Waals surface area contributed by atoms with Crippen molar-refractivity contribution >= 4 is 35.1 Å². The van der Waals surface area contributed by atoms with E-state index < -0.39 is 11.9 Å². The molecule has 0 bridgehead atoms. The molecule has 2 heterocycles. The van der Waals surface area contributed by atoms with E-state index in [1.54, 1.807) is 49.4 Å². The minimum atomic E-state index is -0.520. The smallest absolute Gasteiger partial charge is 0.341 e. The van der Waals surface area contributed by atoms with Crippen LogP contribution in [-0.4, -0.2) is 24.9 Å². The number of anilines is 1. The lowest BCUT2D eigenvalue weighted by Gasteiger charge is -2.29. The molecule has 6 nitrogen and oxygen atoms in total. The number of hydrogen-bond donors (Lipinski definition) is 0. The highest BCUT2D eigenvalue weighted by atomic mass is 16.5. The largest absolute Gasteiger partial charge is 0.465 e. The Morgan fingerprint density at radius 3 is 2.33 bits per heavy atom. The van der Waals surface area contributed by atoms with Crippen LogP contribution >= 0.6 is 0 Å². The van der Waals surface area contributed by atoms with Gasteiger partial charge in [-0.15, -0.1) is 0 Å². The average Bonchev–Trinajstić information content (AvgIpc) is 3.12. The molecule has 0 aliphatic carbocycles. The van der Waals surface area contributed by atoms with Gasteiger partial charge < -0.3 is 9.15 Å². The van der Waals surface area contributed by atoms with Gasteiger partial charge in [-0.3, -0.25) is 9.59 Å². The number of amides is 2. The Morgan fingerprint density at radius 1 is 0.967 bits per heavy atom. The zero-order valence-corrected chi connectivity index (χ0v) is 16.8. The van der Waals surface area contributed by atoms with Crippen LogP contribution in [0.4, 0.5) is 5.69 Å². The van der Waals surface area contributed by atoms with Crippen LogP contribution < -0.4 is 4.90 Å². The topological polar surface area (TPSA) is 76.8 Å². The molecule has 1 aromatic heterocycles. The Kier molecular flexibility index (Phi) is 4.83. The van der Waals surface area contributed by atoms with Gasteiger partial charge in [-0.25, -0.2) is 9.69 Å². The number of para-hydroxylation sites is 1. The fourth-order valence-electron chi connectivity index (χ4n) is 3.56. The van der Waals surface area contributed by atoms with Crippen LogP contribution in [0.5, 0.6) is 0 Å². The van der Waals surface area contributed by atoms with Crippen molar-refractivity contribution in [3.05, 3.63) is 88.4 Å². The fourth-order valence-corrected chi connectivity index (χ4v) is 3.56. The van der Waals surface area contributed by atoms with Gasteiger partial charge in [-0.1, -0.05) is 36.4 Å². The van der Waals surface area contributed by atoms with Crippen LogP contribution in [0.25, 0.3) is 11.6 Å². The molecule has 3 aromatic rings. The van der Waals surface area contributed by atoms with E-state index in [0.717, 1.165) is 5.56 Å². The van der Waals surface area contributed by atoms with E-state index in [9.17, 15) is 14.4 Å². The Bertz CT molecular complexity index is 1220. The normalized spacial score (nSPS) is 14.8. The van der Waals surface area contributed by atoms with E-state index in [-0.39, 0.29) is 11.5 Å². The summed E-state index contributed by atoms with van der Waals surface area (Å²) in [4.78, 5) is 39.7. The number of imide groups is 1. The summed E-state index contributed by atoms with van der Waals surface area (Å²) in [5, 5.41) is 0. The van der Waals surface area contributed by atoms with Crippen LogP contribution in [0, 0.1) is 13.8 Å². The third-order valence-electron chi connectivity index (χ3n) is 5.07. The Labute approximate surface area is 173 Å². The number of nitrogens with zero attached hydrogens (tertiary/aromatic N) is 1. The van der Waals surface area contributed by atoms with Crippen LogP contribution in [0.1, 0.15) is 43.4 Å². The second kappa shape index (κ2) is 7.48. The zero-order valence-electron chi connectivity index (χ0n) is 16.8. The zero-order chi connectivity index (χ0) is 21.4. The summed E-state index contributed by atoms with van der Waals surface area (Å²) in [5.41, 5.74) is 2.86. The van der Waals surface area contributed by atoms with Crippen molar-refractivity contribution in [2.75, 3.05) is 12.0 Å². The lowest BCUT2D eigenvalue weighted by Crippen LogP contribution is -2.42. The monoisotopic (exact) mass is 401 g/mol. The Hall–Kier alpha value is -3.93. The van der Waals surface area contributed by atoms with Gasteiger partial charge in [0.2, 0.25) is 0 Å². The maximum absolute atomic E-state index is 13.4. The van der Waals surface area contributed by atoms with Gasteiger partial charge in [0.1, 0.15) is 17.1 Å². The minimum Gasteiger partial charge on any atom is -0.465 e. The highest BCUT2D eigenvalue weighted by molar-refractivity contribution is 6.43. The molecule has 0 atom stereocenters. The number of fused-ring (bicyclic) bond motifs is 1. The molecular weight excluding hydrogens is 382 g/mol. The van der Waals surface area contributed by atoms with Crippen molar-refractivity contribution in [3.8, 4) is 0 Å². The molecule has 0 N–H and O–H groups in total. The number of carbonyl (C=O) groups is 3. The van der Waals surface area contributed by atoms with Crippen LogP contribution in [0.2, 0.25) is 0 Å². The summed E-state index contributed by atoms with van der Waals surface area (Å²) in [6.45, 7) is 3.49. The second-order valence-corrected chi connectivity index (χ2v) is 6.95. The van der Waals surface area contributed by atoms with Crippen molar-refractivity contribution in [3.63, 3.8) is 0 Å². The predicted molar refractivity (Wildman–Crippen MR) is 112 cm³/mol. The average molecular weight is 401 g/mol. The molecule has 0 radical (unpaired) electrons. The third kappa shape index (κ3) is 3.12. The molecule has 0 saturated heterocycles. The quantitative estimate of drug-likeness (QED) is 0.369. The molecule has 30 heavy (non-hydrogen) atoms. The number of ether oxygens (including phenoxy) is 1. The van der Waals surface area contributed by atoms with E-state index in [0.29, 0.717) is 33.9 Å². The summed E-state index contributed by atoms with van der Waals surface area (Å²) in [6.07, 6.45) is 1.55. The van der Waals surface area contributed by atoms with Gasteiger partial charge >= 0.3 is 5.97 Å². The van der Waals surface area contributed by atoms with E-state index in [1.165, 1.54) is 18.1 Å². The van der Waals surface area contributed by atoms with Gasteiger partial charge in [0.15, 0.2) is 0 Å². The lowest BCUT2D eigenvalue weighted by molar-refractivity contribution is -0.112. The number of methoxy groups -OCH3 is 1. The first-order chi connectivity index (χ1) is 14.4. The molecule has 2 amide bonds. The number of esters is 1. The number of furan rings is 1. The van der Waals surface area contributed by atoms with Crippen molar-refractivity contribution < 1.29 is 23.5 Å². The van der Waals surface area contributed by atoms with E-state index in [4.69, 9.17) is 9.15 Å². The van der Waals surface area contributed by atoms with Crippen molar-refractivity contribution in [2.45, 2.75) is 13.8 Å². The molecule has 2 aromatic carbocycles. The molecule has 6 heteroatoms. The summed E-state index contributed by atoms with van der Waals surface area (Å²) < 4.78 is 10.4. The molecular formula is C24H19NO5. The van der Waals surface area contributed by atoms with E-state index in [1.807, 2.05) is 19.1 Å². The maximum atomic E-state index is 13.4. The molecule has 1 aliphatic rings.